The fraction of sp³-hybridized carbons (Fsp3) is 0.860. The van der Waals surface area contributed by atoms with E-state index in [9.17, 15) is 44.0 Å². The molecule has 1 saturated carbocycles. The molecule has 0 aromatic rings. The summed E-state index contributed by atoms with van der Waals surface area (Å²) in [6.45, 7) is 3.03. The highest BCUT2D eigenvalue weighted by molar-refractivity contribution is 7.47. The van der Waals surface area contributed by atoms with Crippen LogP contribution in [0.4, 0.5) is 0 Å². The lowest BCUT2D eigenvalue weighted by atomic mass is 9.85. The molecule has 358 valence electrons. The highest BCUT2D eigenvalue weighted by atomic mass is 31.2. The molecule has 0 spiro atoms. The van der Waals surface area contributed by atoms with Crippen LogP contribution in [0, 0.1) is 0 Å². The summed E-state index contributed by atoms with van der Waals surface area (Å²) >= 11 is 0. The van der Waals surface area contributed by atoms with Gasteiger partial charge in [0.25, 0.3) is 0 Å². The molecule has 18 heteroatoms. The van der Waals surface area contributed by atoms with Crippen molar-refractivity contribution in [3.63, 3.8) is 0 Å². The molecule has 0 bridgehead atoms. The number of hydrogen-bond donors (Lipinski definition) is 7. The van der Waals surface area contributed by atoms with Crippen LogP contribution >= 0.6 is 15.6 Å². The molecule has 0 amide bonds. The highest BCUT2D eigenvalue weighted by Gasteiger charge is 2.54. The predicted octanol–water partition coefficient (Wildman–Crippen LogP) is 8.17. The Labute approximate surface area is 364 Å². The predicted molar refractivity (Wildman–Crippen MR) is 232 cm³/mol. The number of carbonyl (C=O) groups is 2. The largest absolute Gasteiger partial charge is 0.472 e. The Morgan fingerprint density at radius 2 is 0.984 bits per heavy atom. The maximum Gasteiger partial charge on any atom is 0.472 e. The minimum absolute atomic E-state index is 0.0302. The van der Waals surface area contributed by atoms with Crippen LogP contribution < -0.4 is 0 Å². The number of phosphoric acid groups is 2. The van der Waals surface area contributed by atoms with Crippen molar-refractivity contribution in [2.75, 3.05) is 13.2 Å². The molecule has 0 radical (unpaired) electrons. The smallest absolute Gasteiger partial charge is 0.462 e. The van der Waals surface area contributed by atoms with Crippen LogP contribution in [-0.2, 0) is 41.8 Å². The zero-order valence-corrected chi connectivity index (χ0v) is 38.6. The van der Waals surface area contributed by atoms with E-state index < -0.39 is 83.5 Å². The summed E-state index contributed by atoms with van der Waals surface area (Å²) in [5.74, 6) is -1.22. The number of aliphatic hydroxyl groups excluding tert-OH is 4. The quantitative estimate of drug-likeness (QED) is 0.0133. The zero-order chi connectivity index (χ0) is 45.4. The third-order valence-electron chi connectivity index (χ3n) is 10.5. The lowest BCUT2D eigenvalue weighted by Gasteiger charge is -2.43. The Morgan fingerprint density at radius 3 is 1.49 bits per heavy atom. The van der Waals surface area contributed by atoms with Gasteiger partial charge in [0.1, 0.15) is 43.2 Å². The van der Waals surface area contributed by atoms with Crippen LogP contribution in [0.25, 0.3) is 0 Å². The highest BCUT2D eigenvalue weighted by Crippen LogP contribution is 2.49. The molecule has 0 aromatic heterocycles. The van der Waals surface area contributed by atoms with Gasteiger partial charge in [-0.1, -0.05) is 154 Å². The maximum atomic E-state index is 13.0. The van der Waals surface area contributed by atoms with Gasteiger partial charge in [-0.05, 0) is 38.5 Å². The molecule has 0 saturated heterocycles. The molecule has 0 aliphatic heterocycles. The first-order valence-electron chi connectivity index (χ1n) is 22.9. The molecule has 0 aromatic carbocycles. The Balaban J connectivity index is 2.61. The van der Waals surface area contributed by atoms with E-state index >= 15 is 0 Å². The Morgan fingerprint density at radius 1 is 0.525 bits per heavy atom. The van der Waals surface area contributed by atoms with Crippen LogP contribution in [0.3, 0.4) is 0 Å². The number of hydrogen-bond acceptors (Lipinski definition) is 13. The summed E-state index contributed by atoms with van der Waals surface area (Å²) in [6, 6.07) is 0. The molecule has 7 N–H and O–H groups in total. The summed E-state index contributed by atoms with van der Waals surface area (Å²) in [5, 5.41) is 41.2. The molecule has 61 heavy (non-hydrogen) atoms. The lowest BCUT2D eigenvalue weighted by Crippen LogP contribution is -2.64. The first-order chi connectivity index (χ1) is 29.1. The molecule has 1 rings (SSSR count). The van der Waals surface area contributed by atoms with Crippen LogP contribution in [-0.4, -0.2) is 103 Å². The van der Waals surface area contributed by atoms with E-state index in [2.05, 4.69) is 42.7 Å². The van der Waals surface area contributed by atoms with E-state index in [1.165, 1.54) is 64.2 Å². The number of aliphatic hydroxyl groups is 4. The molecule has 1 fully saturated rings. The van der Waals surface area contributed by atoms with Crippen molar-refractivity contribution < 1.29 is 76.9 Å². The topological polar surface area (TPSA) is 256 Å². The average molecular weight is 915 g/mol. The summed E-state index contributed by atoms with van der Waals surface area (Å²) in [4.78, 5) is 54.2. The Bertz CT molecular complexity index is 1290. The minimum Gasteiger partial charge on any atom is -0.462 e. The van der Waals surface area contributed by atoms with Crippen LogP contribution in [0.1, 0.15) is 181 Å². The summed E-state index contributed by atoms with van der Waals surface area (Å²) < 4.78 is 49.3. The summed E-state index contributed by atoms with van der Waals surface area (Å²) in [7, 11) is -10.7. The molecular formula is C43H80O16P2. The van der Waals surface area contributed by atoms with Gasteiger partial charge in [0.15, 0.2) is 6.10 Å². The minimum atomic E-state index is -5.36. The van der Waals surface area contributed by atoms with Gasteiger partial charge in [-0.2, -0.15) is 0 Å². The van der Waals surface area contributed by atoms with Gasteiger partial charge in [-0.3, -0.25) is 23.2 Å². The van der Waals surface area contributed by atoms with Crippen molar-refractivity contribution in [2.45, 2.75) is 224 Å². The summed E-state index contributed by atoms with van der Waals surface area (Å²) in [5.41, 5.74) is 0. The molecule has 1 aliphatic carbocycles. The molecule has 0 heterocycles. The number of unbranched alkanes of at least 4 members (excludes halogenated alkanes) is 20. The van der Waals surface area contributed by atoms with Gasteiger partial charge < -0.3 is 44.6 Å². The second kappa shape index (κ2) is 34.8. The Hall–Kier alpha value is -1.52. The van der Waals surface area contributed by atoms with Crippen molar-refractivity contribution in [3.05, 3.63) is 24.3 Å². The average Bonchev–Trinajstić information content (AvgIpc) is 3.21. The fourth-order valence-corrected chi connectivity index (χ4v) is 8.49. The van der Waals surface area contributed by atoms with E-state index in [4.69, 9.17) is 28.3 Å². The third kappa shape index (κ3) is 29.5. The van der Waals surface area contributed by atoms with Crippen LogP contribution in [0.5, 0.6) is 0 Å². The SMILES string of the molecule is CCCC=CCC=CCCCCCCCC(=O)OC(COC(=O)CCCCCCCCCCCCCCCCC)COP(=O)(O)OC1C(O)C(O)C(O)C(OP(=O)(O)O)C1O. The van der Waals surface area contributed by atoms with E-state index in [0.717, 1.165) is 77.0 Å². The monoisotopic (exact) mass is 914 g/mol. The van der Waals surface area contributed by atoms with E-state index in [1.54, 1.807) is 0 Å². The van der Waals surface area contributed by atoms with Crippen molar-refractivity contribution in [1.29, 1.82) is 0 Å². The van der Waals surface area contributed by atoms with Crippen LogP contribution in [0.15, 0.2) is 24.3 Å². The number of allylic oxidation sites excluding steroid dienone is 4. The number of carbonyl (C=O) groups excluding carboxylic acids is 2. The first kappa shape index (κ1) is 57.5. The Kier molecular flexibility index (Phi) is 32.8. The molecule has 8 unspecified atom stereocenters. The maximum absolute atomic E-state index is 13.0. The molecule has 8 atom stereocenters. The molecule has 16 nitrogen and oxygen atoms in total. The normalized spacial score (nSPS) is 22.4. The van der Waals surface area contributed by atoms with E-state index in [-0.39, 0.29) is 12.8 Å². The molecule has 1 aliphatic rings. The number of esters is 2. The van der Waals surface area contributed by atoms with Gasteiger partial charge in [-0.25, -0.2) is 9.13 Å². The van der Waals surface area contributed by atoms with Gasteiger partial charge in [0.2, 0.25) is 0 Å². The van der Waals surface area contributed by atoms with Crippen molar-refractivity contribution in [3.8, 4) is 0 Å². The fourth-order valence-electron chi connectivity index (χ4n) is 6.95. The van der Waals surface area contributed by atoms with E-state index in [1.807, 2.05) is 0 Å². The van der Waals surface area contributed by atoms with Crippen molar-refractivity contribution >= 4 is 27.6 Å². The van der Waals surface area contributed by atoms with Crippen molar-refractivity contribution in [2.24, 2.45) is 0 Å². The second-order valence-electron chi connectivity index (χ2n) is 16.1. The lowest BCUT2D eigenvalue weighted by molar-refractivity contribution is -0.216. The number of ether oxygens (including phenoxy) is 2. The van der Waals surface area contributed by atoms with Crippen molar-refractivity contribution in [1.82, 2.24) is 0 Å². The standard InChI is InChI=1S/C43H80O16P2/c1-3-5-7-9-11-13-15-17-18-20-21-23-25-27-29-31-36(44)55-33-35(57-37(45)32-30-28-26-24-22-19-16-14-12-10-8-6-4-2)34-56-61(53,54)59-43-40(48)38(46)39(47)42(41(43)49)58-60(50,51)52/h8,10,14,16,35,38-43,46-49H,3-7,9,11-13,15,17-34H2,1-2H3,(H,53,54)(H2,50,51,52). The zero-order valence-electron chi connectivity index (χ0n) is 36.8. The van der Waals surface area contributed by atoms with Gasteiger partial charge >= 0.3 is 27.6 Å². The van der Waals surface area contributed by atoms with Gasteiger partial charge in [0.05, 0.1) is 6.61 Å². The van der Waals surface area contributed by atoms with Gasteiger partial charge in [0, 0.05) is 12.8 Å². The number of phosphoric ester groups is 2. The number of rotatable bonds is 38. The van der Waals surface area contributed by atoms with Crippen LogP contribution in [0.2, 0.25) is 0 Å². The molecular weight excluding hydrogens is 834 g/mol. The van der Waals surface area contributed by atoms with E-state index in [0.29, 0.717) is 12.8 Å². The van der Waals surface area contributed by atoms with Gasteiger partial charge in [-0.15, -0.1) is 0 Å². The second-order valence-corrected chi connectivity index (χ2v) is 18.7. The first-order valence-corrected chi connectivity index (χ1v) is 25.9. The third-order valence-corrected chi connectivity index (χ3v) is 12.0. The summed E-state index contributed by atoms with van der Waals surface area (Å²) in [6.07, 6.45) is 20.0.